The van der Waals surface area contributed by atoms with E-state index < -0.39 is 9.84 Å². The third-order valence-electron chi connectivity index (χ3n) is 8.28. The number of carbonyl (C=O) groups is 1. The Labute approximate surface area is 256 Å². The second-order valence-corrected chi connectivity index (χ2v) is 13.3. The minimum absolute atomic E-state index is 0.103. The van der Waals surface area contributed by atoms with Crippen molar-refractivity contribution in [3.63, 3.8) is 0 Å². The minimum atomic E-state index is -3.51. The number of aromatic amines is 1. The van der Waals surface area contributed by atoms with Gasteiger partial charge < -0.3 is 4.98 Å². The molecule has 1 aliphatic heterocycles. The van der Waals surface area contributed by atoms with Crippen molar-refractivity contribution >= 4 is 37.7 Å². The van der Waals surface area contributed by atoms with Crippen molar-refractivity contribution in [1.82, 2.24) is 20.4 Å². The summed E-state index contributed by atoms with van der Waals surface area (Å²) in [6, 6.07) is 32.1. The predicted molar refractivity (Wildman–Crippen MR) is 175 cm³/mol. The molecule has 2 N–H and O–H groups in total. The number of piperidine rings is 1. The fourth-order valence-electron chi connectivity index (χ4n) is 6.06. The second-order valence-electron chi connectivity index (χ2n) is 11.3. The van der Waals surface area contributed by atoms with E-state index in [4.69, 9.17) is 4.98 Å². The number of fused-ring (bicyclic) bond motifs is 3. The lowest BCUT2D eigenvalue weighted by Crippen LogP contribution is -2.45. The van der Waals surface area contributed by atoms with Crippen LogP contribution in [0.15, 0.2) is 114 Å². The molecular formula is C36H32N4O3S. The summed E-state index contributed by atoms with van der Waals surface area (Å²) in [6.07, 6.45) is 5.25. The van der Waals surface area contributed by atoms with Crippen LogP contribution in [-0.2, 0) is 15.6 Å². The SMILES string of the molecule is O=C(NN1CCCCC1)c1ccc(-c2cnc3[nH]c4ccc(CS(=O)(=O)c5ccccc5)cc4c3c2-c2ccccc2)cc1. The summed E-state index contributed by atoms with van der Waals surface area (Å²) in [7, 11) is -3.51. The molecule has 0 saturated carbocycles. The van der Waals surface area contributed by atoms with Crippen LogP contribution in [0.1, 0.15) is 35.2 Å². The molecule has 1 saturated heterocycles. The van der Waals surface area contributed by atoms with Gasteiger partial charge in [0.25, 0.3) is 5.91 Å². The third-order valence-corrected chi connectivity index (χ3v) is 9.98. The molecule has 0 bridgehead atoms. The Bertz CT molecular complexity index is 2070. The molecule has 1 aliphatic rings. The lowest BCUT2D eigenvalue weighted by Gasteiger charge is -2.26. The van der Waals surface area contributed by atoms with Gasteiger partial charge in [0.05, 0.1) is 10.6 Å². The van der Waals surface area contributed by atoms with Crippen molar-refractivity contribution in [2.45, 2.75) is 29.9 Å². The monoisotopic (exact) mass is 600 g/mol. The number of amides is 1. The van der Waals surface area contributed by atoms with Crippen LogP contribution in [0.2, 0.25) is 0 Å². The molecule has 0 aliphatic carbocycles. The van der Waals surface area contributed by atoms with E-state index in [0.717, 1.165) is 70.1 Å². The van der Waals surface area contributed by atoms with Crippen LogP contribution >= 0.6 is 0 Å². The van der Waals surface area contributed by atoms with E-state index in [-0.39, 0.29) is 11.7 Å². The number of nitrogens with one attached hydrogen (secondary N) is 2. The average molecular weight is 601 g/mol. The van der Waals surface area contributed by atoms with Gasteiger partial charge in [-0.2, -0.15) is 0 Å². The van der Waals surface area contributed by atoms with Crippen molar-refractivity contribution in [1.29, 1.82) is 0 Å². The van der Waals surface area contributed by atoms with E-state index in [2.05, 4.69) is 22.5 Å². The van der Waals surface area contributed by atoms with Crippen molar-refractivity contribution < 1.29 is 13.2 Å². The zero-order chi connectivity index (χ0) is 30.1. The maximum Gasteiger partial charge on any atom is 0.265 e. The van der Waals surface area contributed by atoms with Crippen LogP contribution in [0.25, 0.3) is 44.2 Å². The topological polar surface area (TPSA) is 95.2 Å². The summed E-state index contributed by atoms with van der Waals surface area (Å²) in [5.41, 5.74) is 9.83. The molecule has 0 spiro atoms. The van der Waals surface area contributed by atoms with E-state index in [1.807, 2.05) is 77.9 Å². The van der Waals surface area contributed by atoms with Gasteiger partial charge in [0.2, 0.25) is 0 Å². The maximum absolute atomic E-state index is 13.2. The van der Waals surface area contributed by atoms with Gasteiger partial charge in [-0.1, -0.05) is 73.2 Å². The fourth-order valence-corrected chi connectivity index (χ4v) is 7.42. The molecule has 1 fully saturated rings. The first-order valence-corrected chi connectivity index (χ1v) is 16.5. The number of rotatable bonds is 7. The molecule has 3 heterocycles. The van der Waals surface area contributed by atoms with Gasteiger partial charge in [-0.3, -0.25) is 10.2 Å². The highest BCUT2D eigenvalue weighted by molar-refractivity contribution is 7.90. The fraction of sp³-hybridized carbons (Fsp3) is 0.167. The molecule has 8 heteroatoms. The molecule has 0 unspecified atom stereocenters. The smallest absolute Gasteiger partial charge is 0.265 e. The number of hydrazine groups is 1. The maximum atomic E-state index is 13.2. The summed E-state index contributed by atoms with van der Waals surface area (Å²) in [5.74, 6) is -0.209. The lowest BCUT2D eigenvalue weighted by molar-refractivity contribution is 0.0750. The molecular weight excluding hydrogens is 568 g/mol. The standard InChI is InChI=1S/C36H32N4O3S/c41-36(39-40-20-8-3-9-21-40)28-17-15-26(16-18-28)31-23-37-35-34(33(31)27-10-4-1-5-11-27)30-22-25(14-19-32(30)38-35)24-44(42,43)29-12-6-2-7-13-29/h1-2,4-7,10-19,22-23H,3,8-9,20-21,24H2,(H,37,38)(H,39,41). The van der Waals surface area contributed by atoms with Crippen LogP contribution in [0.4, 0.5) is 0 Å². The summed E-state index contributed by atoms with van der Waals surface area (Å²) >= 11 is 0. The summed E-state index contributed by atoms with van der Waals surface area (Å²) < 4.78 is 26.4. The third kappa shape index (κ3) is 5.50. The Balaban J connectivity index is 1.31. The minimum Gasteiger partial charge on any atom is -0.339 e. The van der Waals surface area contributed by atoms with E-state index >= 15 is 0 Å². The normalized spacial score (nSPS) is 14.2. The van der Waals surface area contributed by atoms with Crippen LogP contribution in [0.5, 0.6) is 0 Å². The van der Waals surface area contributed by atoms with E-state index in [1.54, 1.807) is 24.3 Å². The van der Waals surface area contributed by atoms with Gasteiger partial charge in [0, 0.05) is 52.3 Å². The molecule has 0 atom stereocenters. The van der Waals surface area contributed by atoms with Crippen molar-refractivity contribution in [3.8, 4) is 22.3 Å². The van der Waals surface area contributed by atoms with Gasteiger partial charge in [-0.15, -0.1) is 0 Å². The Hall–Kier alpha value is -4.79. The van der Waals surface area contributed by atoms with Gasteiger partial charge >= 0.3 is 0 Å². The zero-order valence-electron chi connectivity index (χ0n) is 24.2. The van der Waals surface area contributed by atoms with Gasteiger partial charge in [0.1, 0.15) is 5.65 Å². The number of nitrogens with zero attached hydrogens (tertiary/aromatic N) is 2. The highest BCUT2D eigenvalue weighted by Gasteiger charge is 2.20. The predicted octanol–water partition coefficient (Wildman–Crippen LogP) is 7.15. The summed E-state index contributed by atoms with van der Waals surface area (Å²) in [4.78, 5) is 21.5. The van der Waals surface area contributed by atoms with Gasteiger partial charge in [-0.05, 0) is 65.9 Å². The van der Waals surface area contributed by atoms with Crippen molar-refractivity contribution in [2.75, 3.05) is 13.1 Å². The number of benzene rings is 4. The molecule has 220 valence electrons. The number of hydrogen-bond donors (Lipinski definition) is 2. The van der Waals surface area contributed by atoms with Crippen molar-refractivity contribution in [3.05, 3.63) is 120 Å². The molecule has 6 aromatic rings. The molecule has 2 aromatic heterocycles. The van der Waals surface area contributed by atoms with Gasteiger partial charge in [-0.25, -0.2) is 18.4 Å². The Morgan fingerprint density at radius 3 is 2.25 bits per heavy atom. The lowest BCUT2D eigenvalue weighted by atomic mass is 9.92. The van der Waals surface area contributed by atoms with E-state index in [0.29, 0.717) is 16.0 Å². The first kappa shape index (κ1) is 28.0. The molecule has 7 nitrogen and oxygen atoms in total. The van der Waals surface area contributed by atoms with Crippen LogP contribution in [0, 0.1) is 0 Å². The highest BCUT2D eigenvalue weighted by atomic mass is 32.2. The number of carbonyl (C=O) groups excluding carboxylic acids is 1. The Morgan fingerprint density at radius 2 is 1.52 bits per heavy atom. The molecule has 7 rings (SSSR count). The number of hydrogen-bond acceptors (Lipinski definition) is 5. The van der Waals surface area contributed by atoms with Gasteiger partial charge in [0.15, 0.2) is 9.84 Å². The molecule has 44 heavy (non-hydrogen) atoms. The van der Waals surface area contributed by atoms with Crippen LogP contribution in [0.3, 0.4) is 0 Å². The van der Waals surface area contributed by atoms with E-state index in [9.17, 15) is 13.2 Å². The average Bonchev–Trinajstić information content (AvgIpc) is 3.43. The quantitative estimate of drug-likeness (QED) is 0.203. The number of aromatic nitrogens is 2. The highest BCUT2D eigenvalue weighted by Crippen LogP contribution is 2.41. The van der Waals surface area contributed by atoms with E-state index in [1.165, 1.54) is 6.42 Å². The van der Waals surface area contributed by atoms with Crippen LogP contribution in [-0.4, -0.2) is 42.4 Å². The largest absolute Gasteiger partial charge is 0.339 e. The number of pyridine rings is 1. The van der Waals surface area contributed by atoms with Crippen LogP contribution < -0.4 is 5.43 Å². The Kier molecular flexibility index (Phi) is 7.46. The zero-order valence-corrected chi connectivity index (χ0v) is 25.0. The second kappa shape index (κ2) is 11.7. The Morgan fingerprint density at radius 1 is 0.818 bits per heavy atom. The first-order chi connectivity index (χ1) is 21.5. The summed E-state index contributed by atoms with van der Waals surface area (Å²) in [5, 5.41) is 3.84. The molecule has 1 amide bonds. The molecule has 4 aromatic carbocycles. The van der Waals surface area contributed by atoms with Crippen molar-refractivity contribution in [2.24, 2.45) is 0 Å². The number of H-pyrrole nitrogens is 1. The number of sulfone groups is 1. The first-order valence-electron chi connectivity index (χ1n) is 14.9. The molecule has 0 radical (unpaired) electrons. The summed E-state index contributed by atoms with van der Waals surface area (Å²) in [6.45, 7) is 1.75.